The lowest BCUT2D eigenvalue weighted by Gasteiger charge is -2.29. The fourth-order valence-corrected chi connectivity index (χ4v) is 3.78. The summed E-state index contributed by atoms with van der Waals surface area (Å²) < 4.78 is 7.96. The van der Waals surface area contributed by atoms with Gasteiger partial charge in [-0.05, 0) is 12.8 Å². The topological polar surface area (TPSA) is 43.2 Å². The molecule has 1 saturated heterocycles. The number of aromatic nitrogens is 3. The van der Waals surface area contributed by atoms with Crippen LogP contribution in [0.1, 0.15) is 12.8 Å². The van der Waals surface area contributed by atoms with Crippen molar-refractivity contribution in [3.8, 4) is 11.4 Å². The molecule has 0 N–H and O–H groups in total. The first-order chi connectivity index (χ1) is 10.4. The summed E-state index contributed by atoms with van der Waals surface area (Å²) in [7, 11) is 0. The van der Waals surface area contributed by atoms with Crippen LogP contribution in [0.3, 0.4) is 0 Å². The van der Waals surface area contributed by atoms with E-state index in [2.05, 4.69) is 31.8 Å². The van der Waals surface area contributed by atoms with E-state index in [0.717, 1.165) is 42.2 Å². The lowest BCUT2D eigenvalue weighted by molar-refractivity contribution is 0.0677. The minimum Gasteiger partial charge on any atom is -0.377 e. The van der Waals surface area contributed by atoms with Gasteiger partial charge >= 0.3 is 0 Å². The highest BCUT2D eigenvalue weighted by atomic mass is 32.2. The first-order valence-electron chi connectivity index (χ1n) is 7.35. The maximum absolute atomic E-state index is 5.75. The zero-order chi connectivity index (χ0) is 14.1. The summed E-state index contributed by atoms with van der Waals surface area (Å²) in [5, 5.41) is 9.70. The van der Waals surface area contributed by atoms with Gasteiger partial charge in [-0.2, -0.15) is 0 Å². The van der Waals surface area contributed by atoms with Crippen molar-refractivity contribution in [3.63, 3.8) is 0 Å². The van der Waals surface area contributed by atoms with Crippen molar-refractivity contribution < 1.29 is 4.74 Å². The van der Waals surface area contributed by atoms with Gasteiger partial charge in [-0.1, -0.05) is 42.1 Å². The Labute approximate surface area is 128 Å². The molecule has 110 valence electrons. The summed E-state index contributed by atoms with van der Waals surface area (Å²) in [5.41, 5.74) is 1.12. The number of benzene rings is 1. The maximum atomic E-state index is 5.75. The van der Waals surface area contributed by atoms with E-state index in [9.17, 15) is 0 Å². The molecule has 6 heteroatoms. The Kier molecular flexibility index (Phi) is 3.67. The van der Waals surface area contributed by atoms with Crippen LogP contribution in [0.15, 0.2) is 35.5 Å². The summed E-state index contributed by atoms with van der Waals surface area (Å²) in [6.45, 7) is 2.76. The van der Waals surface area contributed by atoms with Crippen molar-refractivity contribution >= 4 is 11.8 Å². The normalized spacial score (nSPS) is 22.4. The molecular weight excluding hydrogens is 284 g/mol. The van der Waals surface area contributed by atoms with Crippen molar-refractivity contribution in [2.75, 3.05) is 19.0 Å². The van der Waals surface area contributed by atoms with Gasteiger partial charge in [0, 0.05) is 18.7 Å². The Balaban J connectivity index is 1.55. The van der Waals surface area contributed by atoms with Gasteiger partial charge in [0.2, 0.25) is 0 Å². The first kappa shape index (κ1) is 13.3. The minimum absolute atomic E-state index is 0.392. The van der Waals surface area contributed by atoms with Crippen molar-refractivity contribution in [2.24, 2.45) is 0 Å². The summed E-state index contributed by atoms with van der Waals surface area (Å²) >= 11 is 1.76. The Morgan fingerprint density at radius 2 is 2.14 bits per heavy atom. The molecule has 4 rings (SSSR count). The van der Waals surface area contributed by atoms with Gasteiger partial charge in [0.1, 0.15) is 0 Å². The van der Waals surface area contributed by atoms with Gasteiger partial charge in [-0.3, -0.25) is 9.47 Å². The minimum atomic E-state index is 0.392. The highest BCUT2D eigenvalue weighted by Crippen LogP contribution is 2.29. The van der Waals surface area contributed by atoms with Gasteiger partial charge < -0.3 is 4.74 Å². The van der Waals surface area contributed by atoms with E-state index in [0.29, 0.717) is 6.10 Å². The number of ether oxygens (including phenoxy) is 1. The van der Waals surface area contributed by atoms with E-state index in [1.807, 2.05) is 18.2 Å². The fraction of sp³-hybridized carbons (Fsp3) is 0.467. The number of rotatable bonds is 3. The molecule has 0 radical (unpaired) electrons. The average molecular weight is 302 g/mol. The third-order valence-corrected chi connectivity index (χ3v) is 5.01. The van der Waals surface area contributed by atoms with Crippen LogP contribution in [0, 0.1) is 0 Å². The molecular formula is C15H18N4OS. The second-order valence-corrected chi connectivity index (χ2v) is 6.42. The molecule has 1 aromatic carbocycles. The molecule has 0 bridgehead atoms. The molecule has 0 amide bonds. The van der Waals surface area contributed by atoms with Crippen LogP contribution in [0.4, 0.5) is 0 Å². The van der Waals surface area contributed by atoms with Gasteiger partial charge in [0.15, 0.2) is 11.0 Å². The fourth-order valence-electron chi connectivity index (χ4n) is 2.90. The molecule has 0 spiro atoms. The summed E-state index contributed by atoms with van der Waals surface area (Å²) in [6.07, 6.45) is 2.77. The van der Waals surface area contributed by atoms with E-state index < -0.39 is 0 Å². The number of thioether (sulfide) groups is 1. The largest absolute Gasteiger partial charge is 0.377 e. The van der Waals surface area contributed by atoms with E-state index >= 15 is 0 Å². The molecule has 5 nitrogen and oxygen atoms in total. The van der Waals surface area contributed by atoms with Gasteiger partial charge in [-0.15, -0.1) is 10.2 Å². The third-order valence-electron chi connectivity index (χ3n) is 3.95. The predicted molar refractivity (Wildman–Crippen MR) is 81.9 cm³/mol. The second-order valence-electron chi connectivity index (χ2n) is 5.50. The SMILES string of the molecule is c1ccc(-c2nnc3n2CN(CC2CCCO2)CS3)cc1. The van der Waals surface area contributed by atoms with Crippen molar-refractivity contribution in [3.05, 3.63) is 30.3 Å². The van der Waals surface area contributed by atoms with Crippen LogP contribution < -0.4 is 0 Å². The Bertz CT molecular complexity index is 609. The van der Waals surface area contributed by atoms with Crippen LogP contribution in [0.5, 0.6) is 0 Å². The lowest BCUT2D eigenvalue weighted by atomic mass is 10.2. The van der Waals surface area contributed by atoms with Crippen LogP contribution in [-0.4, -0.2) is 44.8 Å². The second kappa shape index (κ2) is 5.79. The molecule has 0 saturated carbocycles. The zero-order valence-corrected chi connectivity index (χ0v) is 12.6. The van der Waals surface area contributed by atoms with Gasteiger partial charge in [0.25, 0.3) is 0 Å². The molecule has 2 aliphatic heterocycles. The molecule has 1 aromatic heterocycles. The van der Waals surface area contributed by atoms with Crippen LogP contribution in [0.2, 0.25) is 0 Å². The standard InChI is InChI=1S/C15H18N4OS/c1-2-5-12(6-3-1)14-16-17-15-19(14)10-18(11-21-15)9-13-7-4-8-20-13/h1-3,5-6,13H,4,7-11H2. The van der Waals surface area contributed by atoms with E-state index in [1.165, 1.54) is 12.8 Å². The molecule has 1 unspecified atom stereocenters. The van der Waals surface area contributed by atoms with E-state index in [4.69, 9.17) is 4.74 Å². The summed E-state index contributed by atoms with van der Waals surface area (Å²) in [4.78, 5) is 2.42. The molecule has 3 heterocycles. The van der Waals surface area contributed by atoms with E-state index in [1.54, 1.807) is 11.8 Å². The Morgan fingerprint density at radius 3 is 2.95 bits per heavy atom. The van der Waals surface area contributed by atoms with Crippen LogP contribution in [0.25, 0.3) is 11.4 Å². The first-order valence-corrected chi connectivity index (χ1v) is 8.34. The summed E-state index contributed by atoms with van der Waals surface area (Å²) in [6, 6.07) is 10.3. The van der Waals surface area contributed by atoms with Crippen molar-refractivity contribution in [1.29, 1.82) is 0 Å². The molecule has 2 aliphatic rings. The van der Waals surface area contributed by atoms with Crippen LogP contribution >= 0.6 is 11.8 Å². The van der Waals surface area contributed by atoms with Crippen LogP contribution in [-0.2, 0) is 11.4 Å². The predicted octanol–water partition coefficient (Wildman–Crippen LogP) is 2.45. The quantitative estimate of drug-likeness (QED) is 0.871. The number of hydrogen-bond acceptors (Lipinski definition) is 5. The highest BCUT2D eigenvalue weighted by Gasteiger charge is 2.25. The third kappa shape index (κ3) is 2.71. The smallest absolute Gasteiger partial charge is 0.193 e. The van der Waals surface area contributed by atoms with Gasteiger partial charge in [0.05, 0.1) is 18.6 Å². The number of fused-ring (bicyclic) bond motifs is 1. The maximum Gasteiger partial charge on any atom is 0.193 e. The highest BCUT2D eigenvalue weighted by molar-refractivity contribution is 7.99. The van der Waals surface area contributed by atoms with Crippen molar-refractivity contribution in [1.82, 2.24) is 19.7 Å². The molecule has 1 atom stereocenters. The van der Waals surface area contributed by atoms with Gasteiger partial charge in [-0.25, -0.2) is 0 Å². The van der Waals surface area contributed by atoms with Crippen molar-refractivity contribution in [2.45, 2.75) is 30.8 Å². The molecule has 0 aliphatic carbocycles. The average Bonchev–Trinajstić information content (AvgIpc) is 3.17. The Morgan fingerprint density at radius 1 is 1.24 bits per heavy atom. The Hall–Kier alpha value is -1.37. The molecule has 1 fully saturated rings. The van der Waals surface area contributed by atoms with E-state index in [-0.39, 0.29) is 0 Å². The number of nitrogens with zero attached hydrogens (tertiary/aromatic N) is 4. The zero-order valence-electron chi connectivity index (χ0n) is 11.8. The summed E-state index contributed by atoms with van der Waals surface area (Å²) in [5.74, 6) is 1.92. The molecule has 2 aromatic rings. The molecule has 21 heavy (non-hydrogen) atoms. The monoisotopic (exact) mass is 302 g/mol. The lowest BCUT2D eigenvalue weighted by Crippen LogP contribution is -2.36. The number of hydrogen-bond donors (Lipinski definition) is 0.